The van der Waals surface area contributed by atoms with Gasteiger partial charge in [-0.25, -0.2) is 0 Å². The van der Waals surface area contributed by atoms with Crippen LogP contribution in [0.15, 0.2) is 23.1 Å². The lowest BCUT2D eigenvalue weighted by Gasteiger charge is -2.40. The second kappa shape index (κ2) is 5.64. The summed E-state index contributed by atoms with van der Waals surface area (Å²) in [5.41, 5.74) is 2.73. The average Bonchev–Trinajstić information content (AvgIpc) is 2.35. The van der Waals surface area contributed by atoms with Crippen LogP contribution >= 0.6 is 11.8 Å². The smallest absolute Gasteiger partial charge is 0.0660 e. The summed E-state index contributed by atoms with van der Waals surface area (Å²) < 4.78 is 0. The largest absolute Gasteiger partial charge is 0.314 e. The molecule has 1 saturated heterocycles. The van der Waals surface area contributed by atoms with E-state index in [4.69, 9.17) is 0 Å². The number of thioether (sulfide) groups is 1. The highest BCUT2D eigenvalue weighted by molar-refractivity contribution is 8.00. The van der Waals surface area contributed by atoms with Crippen LogP contribution < -0.4 is 5.32 Å². The van der Waals surface area contributed by atoms with Crippen molar-refractivity contribution in [2.75, 3.05) is 26.2 Å². The Morgan fingerprint density at radius 1 is 1.17 bits per heavy atom. The second-order valence-corrected chi connectivity index (χ2v) is 7.20. The number of nitrogens with zero attached hydrogens (tertiary/aromatic N) is 1. The van der Waals surface area contributed by atoms with Gasteiger partial charge in [0.25, 0.3) is 0 Å². The molecule has 0 saturated carbocycles. The van der Waals surface area contributed by atoms with Crippen molar-refractivity contribution in [3.05, 3.63) is 29.3 Å². The van der Waals surface area contributed by atoms with E-state index in [1.165, 1.54) is 16.0 Å². The van der Waals surface area contributed by atoms with Crippen LogP contribution in [0.5, 0.6) is 0 Å². The molecule has 1 aromatic carbocycles. The molecule has 1 heterocycles. The molecule has 100 valence electrons. The minimum Gasteiger partial charge on any atom is -0.314 e. The van der Waals surface area contributed by atoms with Gasteiger partial charge in [0.1, 0.15) is 0 Å². The van der Waals surface area contributed by atoms with Crippen LogP contribution in [0.2, 0.25) is 0 Å². The zero-order chi connectivity index (χ0) is 13.2. The molecular weight excluding hydrogens is 240 g/mol. The van der Waals surface area contributed by atoms with Gasteiger partial charge in [0.2, 0.25) is 0 Å². The fourth-order valence-corrected chi connectivity index (χ4v) is 3.68. The van der Waals surface area contributed by atoms with Crippen molar-refractivity contribution in [2.45, 2.75) is 37.5 Å². The van der Waals surface area contributed by atoms with E-state index in [2.05, 4.69) is 56.1 Å². The molecule has 18 heavy (non-hydrogen) atoms. The van der Waals surface area contributed by atoms with Crippen LogP contribution in [0.4, 0.5) is 0 Å². The number of rotatable bonds is 3. The van der Waals surface area contributed by atoms with Crippen molar-refractivity contribution in [3.63, 3.8) is 0 Å². The Morgan fingerprint density at radius 3 is 2.50 bits per heavy atom. The number of hydrogen-bond acceptors (Lipinski definition) is 3. The molecule has 1 N–H and O–H groups in total. The van der Waals surface area contributed by atoms with Gasteiger partial charge in [-0.3, -0.25) is 4.90 Å². The monoisotopic (exact) mass is 264 g/mol. The minimum absolute atomic E-state index is 0.167. The van der Waals surface area contributed by atoms with Gasteiger partial charge in [-0.2, -0.15) is 0 Å². The predicted molar refractivity (Wildman–Crippen MR) is 80.3 cm³/mol. The third-order valence-electron chi connectivity index (χ3n) is 3.58. The van der Waals surface area contributed by atoms with Gasteiger partial charge in [0.15, 0.2) is 0 Å². The fourth-order valence-electron chi connectivity index (χ4n) is 2.35. The molecule has 2 nitrogen and oxygen atoms in total. The lowest BCUT2D eigenvalue weighted by atomic mass is 10.2. The van der Waals surface area contributed by atoms with Gasteiger partial charge in [-0.05, 0) is 44.9 Å². The van der Waals surface area contributed by atoms with Gasteiger partial charge in [-0.1, -0.05) is 12.1 Å². The zero-order valence-corrected chi connectivity index (χ0v) is 12.7. The number of benzene rings is 1. The van der Waals surface area contributed by atoms with Gasteiger partial charge >= 0.3 is 0 Å². The van der Waals surface area contributed by atoms with Crippen molar-refractivity contribution in [1.82, 2.24) is 10.2 Å². The second-order valence-electron chi connectivity index (χ2n) is 5.55. The van der Waals surface area contributed by atoms with Gasteiger partial charge in [0.05, 0.1) is 4.87 Å². The molecule has 1 aliphatic heterocycles. The van der Waals surface area contributed by atoms with E-state index in [9.17, 15) is 0 Å². The molecule has 0 bridgehead atoms. The Hall–Kier alpha value is -0.510. The molecule has 0 amide bonds. The van der Waals surface area contributed by atoms with Gasteiger partial charge in [-0.15, -0.1) is 11.8 Å². The first-order valence-electron chi connectivity index (χ1n) is 6.71. The highest BCUT2D eigenvalue weighted by atomic mass is 32.2. The maximum absolute atomic E-state index is 3.42. The summed E-state index contributed by atoms with van der Waals surface area (Å²) in [6.45, 7) is 13.6. The molecular formula is C15H24N2S. The van der Waals surface area contributed by atoms with Crippen molar-refractivity contribution in [2.24, 2.45) is 0 Å². The Kier molecular flexibility index (Phi) is 4.36. The van der Waals surface area contributed by atoms with Crippen LogP contribution in [0, 0.1) is 13.8 Å². The van der Waals surface area contributed by atoms with Crippen LogP contribution in [-0.4, -0.2) is 35.9 Å². The molecule has 1 fully saturated rings. The van der Waals surface area contributed by atoms with Gasteiger partial charge in [0, 0.05) is 31.1 Å². The summed E-state index contributed by atoms with van der Waals surface area (Å²) in [6, 6.07) is 6.73. The molecule has 0 aromatic heterocycles. The molecule has 0 spiro atoms. The van der Waals surface area contributed by atoms with E-state index >= 15 is 0 Å². The van der Waals surface area contributed by atoms with E-state index in [-0.39, 0.29) is 4.87 Å². The Labute approximate surface area is 115 Å². The molecule has 0 aliphatic carbocycles. The maximum Gasteiger partial charge on any atom is 0.0660 e. The molecule has 1 aromatic rings. The highest BCUT2D eigenvalue weighted by Gasteiger charge is 2.29. The summed E-state index contributed by atoms with van der Waals surface area (Å²) in [5.74, 6) is 0. The predicted octanol–water partition coefficient (Wildman–Crippen LogP) is 3.04. The molecule has 0 unspecified atom stereocenters. The normalized spacial score (nSPS) is 18.0. The van der Waals surface area contributed by atoms with E-state index in [0.717, 1.165) is 26.2 Å². The van der Waals surface area contributed by atoms with E-state index in [1.807, 2.05) is 11.8 Å². The SMILES string of the molecule is Cc1ccc(C)c(SC(C)(C)N2CCNCC2)c1. The Bertz CT molecular complexity index is 409. The van der Waals surface area contributed by atoms with Crippen molar-refractivity contribution in [1.29, 1.82) is 0 Å². The maximum atomic E-state index is 3.42. The van der Waals surface area contributed by atoms with Crippen LogP contribution in [0.3, 0.4) is 0 Å². The molecule has 1 aliphatic rings. The molecule has 2 rings (SSSR count). The van der Waals surface area contributed by atoms with E-state index < -0.39 is 0 Å². The summed E-state index contributed by atoms with van der Waals surface area (Å²) >= 11 is 1.99. The van der Waals surface area contributed by atoms with Crippen LogP contribution in [0.25, 0.3) is 0 Å². The van der Waals surface area contributed by atoms with Gasteiger partial charge < -0.3 is 5.32 Å². The standard InChI is InChI=1S/C15H24N2S/c1-12-5-6-13(2)14(11-12)18-15(3,4)17-9-7-16-8-10-17/h5-6,11,16H,7-10H2,1-4H3. The number of nitrogens with one attached hydrogen (secondary N) is 1. The molecule has 3 heteroatoms. The van der Waals surface area contributed by atoms with Crippen LogP contribution in [-0.2, 0) is 0 Å². The lowest BCUT2D eigenvalue weighted by molar-refractivity contribution is 0.172. The minimum atomic E-state index is 0.167. The van der Waals surface area contributed by atoms with E-state index in [0.29, 0.717) is 0 Å². The average molecular weight is 264 g/mol. The van der Waals surface area contributed by atoms with Crippen LogP contribution in [0.1, 0.15) is 25.0 Å². The van der Waals surface area contributed by atoms with Crippen molar-refractivity contribution < 1.29 is 0 Å². The summed E-state index contributed by atoms with van der Waals surface area (Å²) in [7, 11) is 0. The molecule has 0 radical (unpaired) electrons. The number of piperazine rings is 1. The topological polar surface area (TPSA) is 15.3 Å². The third-order valence-corrected chi connectivity index (χ3v) is 5.00. The lowest BCUT2D eigenvalue weighted by Crippen LogP contribution is -2.51. The number of hydrogen-bond donors (Lipinski definition) is 1. The highest BCUT2D eigenvalue weighted by Crippen LogP contribution is 2.37. The van der Waals surface area contributed by atoms with Crippen molar-refractivity contribution >= 4 is 11.8 Å². The zero-order valence-electron chi connectivity index (χ0n) is 11.9. The first kappa shape index (κ1) is 13.9. The molecule has 0 atom stereocenters. The summed E-state index contributed by atoms with van der Waals surface area (Å²) in [4.78, 5) is 4.16. The number of aryl methyl sites for hydroxylation is 2. The first-order chi connectivity index (χ1) is 8.49. The Morgan fingerprint density at radius 2 is 1.83 bits per heavy atom. The quantitative estimate of drug-likeness (QED) is 0.845. The third kappa shape index (κ3) is 3.28. The fraction of sp³-hybridized carbons (Fsp3) is 0.600. The summed E-state index contributed by atoms with van der Waals surface area (Å²) in [5, 5.41) is 3.42. The van der Waals surface area contributed by atoms with Crippen molar-refractivity contribution in [3.8, 4) is 0 Å². The Balaban J connectivity index is 2.13. The first-order valence-corrected chi connectivity index (χ1v) is 7.53. The van der Waals surface area contributed by atoms with E-state index in [1.54, 1.807) is 0 Å². The summed E-state index contributed by atoms with van der Waals surface area (Å²) in [6.07, 6.45) is 0.